The number of benzene rings is 1. The number of aryl methyl sites for hydroxylation is 1. The van der Waals surface area contributed by atoms with Crippen LogP contribution >= 0.6 is 0 Å². The molecule has 0 heterocycles. The number of amides is 1. The first-order valence-corrected chi connectivity index (χ1v) is 5.62. The van der Waals surface area contributed by atoms with Crippen LogP contribution in [0.25, 0.3) is 0 Å². The third-order valence-electron chi connectivity index (χ3n) is 2.60. The summed E-state index contributed by atoms with van der Waals surface area (Å²) in [6, 6.07) is 5.43. The van der Waals surface area contributed by atoms with Crippen LogP contribution in [0.4, 0.5) is 0 Å². The van der Waals surface area contributed by atoms with Gasteiger partial charge in [-0.3, -0.25) is 4.79 Å². The number of aliphatic hydroxyl groups is 1. The second-order valence-electron chi connectivity index (χ2n) is 4.08. The van der Waals surface area contributed by atoms with Crippen LogP contribution in [0.1, 0.15) is 31.1 Å². The van der Waals surface area contributed by atoms with Gasteiger partial charge in [-0.2, -0.15) is 0 Å². The number of hydrogen-bond acceptors (Lipinski definition) is 3. The van der Waals surface area contributed by atoms with E-state index < -0.39 is 12.2 Å². The molecule has 0 radical (unpaired) electrons. The number of likely N-dealkylation sites (N-methyl/N-ethyl adjacent to an activating group) is 1. The lowest BCUT2D eigenvalue weighted by molar-refractivity contribution is -0.126. The average molecular weight is 237 g/mol. The summed E-state index contributed by atoms with van der Waals surface area (Å²) in [6.45, 7) is 5.29. The van der Waals surface area contributed by atoms with E-state index in [-0.39, 0.29) is 5.91 Å². The van der Waals surface area contributed by atoms with Gasteiger partial charge in [0.2, 0.25) is 0 Å². The smallest absolute Gasteiger partial charge is 0.260 e. The minimum absolute atomic E-state index is 0.163. The van der Waals surface area contributed by atoms with Crippen molar-refractivity contribution in [2.45, 2.75) is 33.0 Å². The van der Waals surface area contributed by atoms with Crippen LogP contribution in [0.5, 0.6) is 5.75 Å². The summed E-state index contributed by atoms with van der Waals surface area (Å²) >= 11 is 0. The predicted molar refractivity (Wildman–Crippen MR) is 66.0 cm³/mol. The molecular formula is C13H19NO3. The van der Waals surface area contributed by atoms with Crippen LogP contribution in [0.3, 0.4) is 0 Å². The van der Waals surface area contributed by atoms with Gasteiger partial charge in [-0.1, -0.05) is 6.07 Å². The molecule has 0 fully saturated rings. The fourth-order valence-corrected chi connectivity index (χ4v) is 1.51. The van der Waals surface area contributed by atoms with Gasteiger partial charge in [0.15, 0.2) is 6.10 Å². The summed E-state index contributed by atoms with van der Waals surface area (Å²) in [7, 11) is 1.57. The molecule has 0 saturated heterocycles. The van der Waals surface area contributed by atoms with Gasteiger partial charge < -0.3 is 15.2 Å². The van der Waals surface area contributed by atoms with Crippen molar-refractivity contribution in [3.8, 4) is 5.75 Å². The predicted octanol–water partition coefficient (Wildman–Crippen LogP) is 1.56. The standard InChI is InChI=1S/C13H19NO3/c1-8-7-11(9(2)15)5-6-12(8)17-10(3)13(16)14-4/h5-7,9-10,15H,1-4H3,(H,14,16)/t9-,10?/m1/s1. The van der Waals surface area contributed by atoms with Crippen LogP contribution in [0.15, 0.2) is 18.2 Å². The Morgan fingerprint density at radius 3 is 2.53 bits per heavy atom. The first-order valence-electron chi connectivity index (χ1n) is 5.62. The molecule has 0 aliphatic heterocycles. The molecule has 0 saturated carbocycles. The molecule has 2 N–H and O–H groups in total. The minimum Gasteiger partial charge on any atom is -0.481 e. The van der Waals surface area contributed by atoms with Gasteiger partial charge in [-0.05, 0) is 44.0 Å². The number of aliphatic hydroxyl groups excluding tert-OH is 1. The highest BCUT2D eigenvalue weighted by atomic mass is 16.5. The molecular weight excluding hydrogens is 218 g/mol. The number of nitrogens with one attached hydrogen (secondary N) is 1. The maximum atomic E-state index is 11.3. The van der Waals surface area contributed by atoms with Gasteiger partial charge in [-0.25, -0.2) is 0 Å². The van der Waals surface area contributed by atoms with Crippen molar-refractivity contribution in [3.05, 3.63) is 29.3 Å². The molecule has 17 heavy (non-hydrogen) atoms. The summed E-state index contributed by atoms with van der Waals surface area (Å²) in [5.41, 5.74) is 1.74. The number of hydrogen-bond donors (Lipinski definition) is 2. The monoisotopic (exact) mass is 237 g/mol. The van der Waals surface area contributed by atoms with E-state index in [2.05, 4.69) is 5.32 Å². The van der Waals surface area contributed by atoms with Crippen molar-refractivity contribution in [2.75, 3.05) is 7.05 Å². The molecule has 1 rings (SSSR count). The Morgan fingerprint density at radius 2 is 2.06 bits per heavy atom. The summed E-state index contributed by atoms with van der Waals surface area (Å²) in [5.74, 6) is 0.495. The fourth-order valence-electron chi connectivity index (χ4n) is 1.51. The van der Waals surface area contributed by atoms with Gasteiger partial charge in [-0.15, -0.1) is 0 Å². The van der Waals surface area contributed by atoms with Gasteiger partial charge in [0.1, 0.15) is 5.75 Å². The Kier molecular flexibility index (Phi) is 4.52. The maximum absolute atomic E-state index is 11.3. The minimum atomic E-state index is -0.531. The Hall–Kier alpha value is -1.55. The van der Waals surface area contributed by atoms with Crippen molar-refractivity contribution < 1.29 is 14.6 Å². The molecule has 4 heteroatoms. The van der Waals surface area contributed by atoms with E-state index in [4.69, 9.17) is 4.74 Å². The summed E-state index contributed by atoms with van der Waals surface area (Å²) < 4.78 is 5.54. The van der Waals surface area contributed by atoms with Crippen LogP contribution in [0, 0.1) is 6.92 Å². The Labute approximate surface area is 102 Å². The fraction of sp³-hybridized carbons (Fsp3) is 0.462. The topological polar surface area (TPSA) is 58.6 Å². The van der Waals surface area contributed by atoms with E-state index in [0.29, 0.717) is 5.75 Å². The second-order valence-corrected chi connectivity index (χ2v) is 4.08. The molecule has 0 aromatic heterocycles. The van der Waals surface area contributed by atoms with Crippen LogP contribution < -0.4 is 10.1 Å². The molecule has 0 aliphatic carbocycles. The Bertz CT molecular complexity index is 402. The van der Waals surface area contributed by atoms with Crippen molar-refractivity contribution in [3.63, 3.8) is 0 Å². The lowest BCUT2D eigenvalue weighted by Gasteiger charge is -2.16. The van der Waals surface area contributed by atoms with Crippen LogP contribution in [0.2, 0.25) is 0 Å². The molecule has 0 aliphatic rings. The molecule has 1 amide bonds. The lowest BCUT2D eigenvalue weighted by Crippen LogP contribution is -2.33. The number of rotatable bonds is 4. The first kappa shape index (κ1) is 13.5. The Balaban J connectivity index is 2.83. The normalized spacial score (nSPS) is 13.9. The second kappa shape index (κ2) is 5.68. The van der Waals surface area contributed by atoms with E-state index in [1.807, 2.05) is 13.0 Å². The van der Waals surface area contributed by atoms with Crippen molar-refractivity contribution in [2.24, 2.45) is 0 Å². The van der Waals surface area contributed by atoms with Crippen LogP contribution in [-0.2, 0) is 4.79 Å². The van der Waals surface area contributed by atoms with E-state index >= 15 is 0 Å². The van der Waals surface area contributed by atoms with Crippen molar-refractivity contribution in [1.29, 1.82) is 0 Å². The van der Waals surface area contributed by atoms with Gasteiger partial charge >= 0.3 is 0 Å². The maximum Gasteiger partial charge on any atom is 0.260 e. The molecule has 1 aromatic rings. The van der Waals surface area contributed by atoms with Gasteiger partial charge in [0.05, 0.1) is 6.10 Å². The molecule has 1 unspecified atom stereocenters. The van der Waals surface area contributed by atoms with E-state index in [1.54, 1.807) is 33.0 Å². The molecule has 0 spiro atoms. The third-order valence-corrected chi connectivity index (χ3v) is 2.60. The zero-order chi connectivity index (χ0) is 13.0. The molecule has 0 bridgehead atoms. The highest BCUT2D eigenvalue weighted by Crippen LogP contribution is 2.23. The zero-order valence-electron chi connectivity index (χ0n) is 10.7. The van der Waals surface area contributed by atoms with Crippen LogP contribution in [-0.4, -0.2) is 24.2 Å². The number of carbonyl (C=O) groups is 1. The van der Waals surface area contributed by atoms with E-state index in [9.17, 15) is 9.90 Å². The third kappa shape index (κ3) is 3.46. The molecule has 2 atom stereocenters. The zero-order valence-corrected chi connectivity index (χ0v) is 10.7. The van der Waals surface area contributed by atoms with Crippen molar-refractivity contribution >= 4 is 5.91 Å². The average Bonchev–Trinajstić information content (AvgIpc) is 2.30. The van der Waals surface area contributed by atoms with Gasteiger partial charge in [0.25, 0.3) is 5.91 Å². The Morgan fingerprint density at radius 1 is 1.41 bits per heavy atom. The lowest BCUT2D eigenvalue weighted by atomic mass is 10.1. The summed E-state index contributed by atoms with van der Waals surface area (Å²) in [4.78, 5) is 11.3. The van der Waals surface area contributed by atoms with Crippen molar-refractivity contribution in [1.82, 2.24) is 5.32 Å². The highest BCUT2D eigenvalue weighted by molar-refractivity contribution is 5.80. The molecule has 4 nitrogen and oxygen atoms in total. The highest BCUT2D eigenvalue weighted by Gasteiger charge is 2.14. The quantitative estimate of drug-likeness (QED) is 0.835. The summed E-state index contributed by atoms with van der Waals surface area (Å²) in [5, 5.41) is 12.0. The van der Waals surface area contributed by atoms with E-state index in [1.165, 1.54) is 0 Å². The number of ether oxygens (including phenoxy) is 1. The first-order chi connectivity index (χ1) is 7.95. The molecule has 1 aromatic carbocycles. The summed E-state index contributed by atoms with van der Waals surface area (Å²) in [6.07, 6.45) is -1.03. The largest absolute Gasteiger partial charge is 0.481 e. The van der Waals surface area contributed by atoms with E-state index in [0.717, 1.165) is 11.1 Å². The number of carbonyl (C=O) groups excluding carboxylic acids is 1. The molecule has 94 valence electrons. The van der Waals surface area contributed by atoms with Gasteiger partial charge in [0, 0.05) is 7.05 Å². The SMILES string of the molecule is CNC(=O)C(C)Oc1ccc([C@@H](C)O)cc1C.